The highest BCUT2D eigenvalue weighted by Crippen LogP contribution is 2.22. The average Bonchev–Trinajstić information content (AvgIpc) is 2.42. The van der Waals surface area contributed by atoms with Gasteiger partial charge in [0.15, 0.2) is 11.6 Å². The third kappa shape index (κ3) is 4.80. The van der Waals surface area contributed by atoms with Gasteiger partial charge in [0.05, 0.1) is 7.11 Å². The van der Waals surface area contributed by atoms with Crippen molar-refractivity contribution in [3.8, 4) is 5.75 Å². The molecule has 4 heteroatoms. The maximum atomic E-state index is 13.6. The summed E-state index contributed by atoms with van der Waals surface area (Å²) in [4.78, 5) is 0. The smallest absolute Gasteiger partial charge is 0.165 e. The molecule has 0 aliphatic rings. The van der Waals surface area contributed by atoms with Gasteiger partial charge < -0.3 is 15.2 Å². The van der Waals surface area contributed by atoms with Crippen molar-refractivity contribution < 1.29 is 14.2 Å². The van der Waals surface area contributed by atoms with Crippen molar-refractivity contribution in [2.45, 2.75) is 32.7 Å². The van der Waals surface area contributed by atoms with Crippen LogP contribution in [0.1, 0.15) is 38.3 Å². The van der Waals surface area contributed by atoms with E-state index in [4.69, 9.17) is 9.84 Å². The standard InChI is InChI=1S/C15H24FNO2/c1-4-12(7-8-18)10-17-11(2)13-5-6-15(19-3)14(16)9-13/h5-6,9,11-12,17-18H,4,7-8,10H2,1-3H3. The van der Waals surface area contributed by atoms with Crippen molar-refractivity contribution in [1.29, 1.82) is 0 Å². The summed E-state index contributed by atoms with van der Waals surface area (Å²) < 4.78 is 18.5. The fraction of sp³-hybridized carbons (Fsp3) is 0.600. The van der Waals surface area contributed by atoms with Crippen LogP contribution in [0.25, 0.3) is 0 Å². The minimum atomic E-state index is -0.337. The van der Waals surface area contributed by atoms with Crippen molar-refractivity contribution >= 4 is 0 Å². The van der Waals surface area contributed by atoms with Gasteiger partial charge in [0.1, 0.15) is 0 Å². The quantitative estimate of drug-likeness (QED) is 0.762. The molecule has 0 bridgehead atoms. The molecule has 2 unspecified atom stereocenters. The van der Waals surface area contributed by atoms with Gasteiger partial charge in [-0.2, -0.15) is 0 Å². The fourth-order valence-electron chi connectivity index (χ4n) is 2.05. The summed E-state index contributed by atoms with van der Waals surface area (Å²) in [6, 6.07) is 5.09. The van der Waals surface area contributed by atoms with Crippen LogP contribution in [0.15, 0.2) is 18.2 Å². The number of aliphatic hydroxyl groups excluding tert-OH is 1. The molecule has 0 saturated carbocycles. The predicted molar refractivity (Wildman–Crippen MR) is 74.9 cm³/mol. The fourth-order valence-corrected chi connectivity index (χ4v) is 2.05. The van der Waals surface area contributed by atoms with Gasteiger partial charge in [-0.25, -0.2) is 4.39 Å². The summed E-state index contributed by atoms with van der Waals surface area (Å²) in [6.45, 7) is 5.16. The highest BCUT2D eigenvalue weighted by molar-refractivity contribution is 5.30. The van der Waals surface area contributed by atoms with Crippen LogP contribution in [0.5, 0.6) is 5.75 Å². The van der Waals surface area contributed by atoms with Crippen molar-refractivity contribution in [2.75, 3.05) is 20.3 Å². The van der Waals surface area contributed by atoms with Crippen LogP contribution in [0.2, 0.25) is 0 Å². The molecule has 0 fully saturated rings. The van der Waals surface area contributed by atoms with Crippen LogP contribution >= 0.6 is 0 Å². The Morgan fingerprint density at radius 2 is 2.16 bits per heavy atom. The number of ether oxygens (including phenoxy) is 1. The third-order valence-corrected chi connectivity index (χ3v) is 3.50. The van der Waals surface area contributed by atoms with E-state index in [9.17, 15) is 4.39 Å². The van der Waals surface area contributed by atoms with Gasteiger partial charge in [-0.3, -0.25) is 0 Å². The lowest BCUT2D eigenvalue weighted by atomic mass is 10.0. The first-order valence-corrected chi connectivity index (χ1v) is 6.80. The zero-order valence-corrected chi connectivity index (χ0v) is 11.9. The number of benzene rings is 1. The molecular formula is C15H24FNO2. The summed E-state index contributed by atoms with van der Waals surface area (Å²) in [5, 5.41) is 12.3. The molecule has 1 aromatic carbocycles. The Bertz CT molecular complexity index is 384. The molecule has 0 aliphatic heterocycles. The van der Waals surface area contributed by atoms with Crippen molar-refractivity contribution in [1.82, 2.24) is 5.32 Å². The number of hydrogen-bond donors (Lipinski definition) is 2. The average molecular weight is 269 g/mol. The summed E-state index contributed by atoms with van der Waals surface area (Å²) in [5.74, 6) is 0.384. The second-order valence-electron chi connectivity index (χ2n) is 4.81. The van der Waals surface area contributed by atoms with Crippen molar-refractivity contribution in [3.05, 3.63) is 29.6 Å². The van der Waals surface area contributed by atoms with Gasteiger partial charge in [0.25, 0.3) is 0 Å². The van der Waals surface area contributed by atoms with Gasteiger partial charge in [-0.05, 0) is 43.5 Å². The maximum Gasteiger partial charge on any atom is 0.165 e. The topological polar surface area (TPSA) is 41.5 Å². The van der Waals surface area contributed by atoms with Crippen LogP contribution < -0.4 is 10.1 Å². The summed E-state index contributed by atoms with van der Waals surface area (Å²) in [6.07, 6.45) is 1.82. The Kier molecular flexibility index (Phi) is 6.81. The van der Waals surface area contributed by atoms with Gasteiger partial charge in [0, 0.05) is 12.6 Å². The number of aliphatic hydroxyl groups is 1. The number of methoxy groups -OCH3 is 1. The Morgan fingerprint density at radius 1 is 1.42 bits per heavy atom. The van der Waals surface area contributed by atoms with Crippen LogP contribution in [0, 0.1) is 11.7 Å². The Hall–Kier alpha value is -1.13. The zero-order valence-electron chi connectivity index (χ0n) is 11.9. The van der Waals surface area contributed by atoms with Crippen molar-refractivity contribution in [2.24, 2.45) is 5.92 Å². The van der Waals surface area contributed by atoms with E-state index in [0.29, 0.717) is 5.92 Å². The number of rotatable bonds is 8. The maximum absolute atomic E-state index is 13.6. The normalized spacial score (nSPS) is 14.2. The van der Waals surface area contributed by atoms with Crippen molar-refractivity contribution in [3.63, 3.8) is 0 Å². The van der Waals surface area contributed by atoms with Crippen LogP contribution in [-0.4, -0.2) is 25.4 Å². The lowest BCUT2D eigenvalue weighted by molar-refractivity contribution is 0.249. The van der Waals surface area contributed by atoms with E-state index in [2.05, 4.69) is 12.2 Å². The highest BCUT2D eigenvalue weighted by atomic mass is 19.1. The van der Waals surface area contributed by atoms with E-state index in [1.165, 1.54) is 13.2 Å². The summed E-state index contributed by atoms with van der Waals surface area (Å²) >= 11 is 0. The molecule has 1 rings (SSSR count). The van der Waals surface area contributed by atoms with Gasteiger partial charge in [-0.15, -0.1) is 0 Å². The van der Waals surface area contributed by atoms with E-state index in [0.717, 1.165) is 24.9 Å². The van der Waals surface area contributed by atoms with Gasteiger partial charge in [0.2, 0.25) is 0 Å². The third-order valence-electron chi connectivity index (χ3n) is 3.50. The first-order chi connectivity index (χ1) is 9.12. The molecule has 2 atom stereocenters. The summed E-state index contributed by atoms with van der Waals surface area (Å²) in [5.41, 5.74) is 0.900. The van der Waals surface area contributed by atoms with Crippen LogP contribution in [0.4, 0.5) is 4.39 Å². The molecule has 0 aromatic heterocycles. The van der Waals surface area contributed by atoms with Gasteiger partial charge in [-0.1, -0.05) is 19.4 Å². The molecule has 2 N–H and O–H groups in total. The molecule has 1 aromatic rings. The molecule has 0 aliphatic carbocycles. The molecule has 108 valence electrons. The second kappa shape index (κ2) is 8.12. The summed E-state index contributed by atoms with van der Waals surface area (Å²) in [7, 11) is 1.46. The van der Waals surface area contributed by atoms with Crippen LogP contribution in [0.3, 0.4) is 0 Å². The second-order valence-corrected chi connectivity index (χ2v) is 4.81. The molecule has 0 heterocycles. The number of nitrogens with one attached hydrogen (secondary N) is 1. The molecule has 3 nitrogen and oxygen atoms in total. The lowest BCUT2D eigenvalue weighted by Crippen LogP contribution is -2.26. The van der Waals surface area contributed by atoms with E-state index in [-0.39, 0.29) is 24.2 Å². The SMILES string of the molecule is CCC(CCO)CNC(C)c1ccc(OC)c(F)c1. The first kappa shape index (κ1) is 15.9. The van der Waals surface area contributed by atoms with E-state index < -0.39 is 0 Å². The van der Waals surface area contributed by atoms with E-state index in [1.54, 1.807) is 6.07 Å². The lowest BCUT2D eigenvalue weighted by Gasteiger charge is -2.19. The Morgan fingerprint density at radius 3 is 2.68 bits per heavy atom. The van der Waals surface area contributed by atoms with Gasteiger partial charge >= 0.3 is 0 Å². The molecule has 0 saturated heterocycles. The largest absolute Gasteiger partial charge is 0.494 e. The Labute approximate surface area is 114 Å². The monoisotopic (exact) mass is 269 g/mol. The molecule has 0 spiro atoms. The predicted octanol–water partition coefficient (Wildman–Crippen LogP) is 2.89. The minimum Gasteiger partial charge on any atom is -0.494 e. The number of halogens is 1. The minimum absolute atomic E-state index is 0.0770. The molecule has 0 amide bonds. The van der Waals surface area contributed by atoms with E-state index >= 15 is 0 Å². The highest BCUT2D eigenvalue weighted by Gasteiger charge is 2.11. The van der Waals surface area contributed by atoms with E-state index in [1.807, 2.05) is 13.0 Å². The molecule has 19 heavy (non-hydrogen) atoms. The Balaban J connectivity index is 2.57. The van der Waals surface area contributed by atoms with Crippen LogP contribution in [-0.2, 0) is 0 Å². The zero-order chi connectivity index (χ0) is 14.3. The molecule has 0 radical (unpaired) electrons. The molecular weight excluding hydrogens is 245 g/mol. The number of hydrogen-bond acceptors (Lipinski definition) is 3. The first-order valence-electron chi connectivity index (χ1n) is 6.80.